The summed E-state index contributed by atoms with van der Waals surface area (Å²) in [6, 6.07) is 0. The van der Waals surface area contributed by atoms with Crippen LogP contribution in [0.3, 0.4) is 0 Å². The van der Waals surface area contributed by atoms with Crippen LogP contribution >= 0.6 is 11.3 Å². The molecule has 0 aliphatic heterocycles. The highest BCUT2D eigenvalue weighted by Crippen LogP contribution is 2.29. The zero-order valence-corrected chi connectivity index (χ0v) is 9.86. The molecular weight excluding hydrogens is 196 g/mol. The lowest BCUT2D eigenvalue weighted by Gasteiger charge is -2.00. The van der Waals surface area contributed by atoms with E-state index >= 15 is 0 Å². The highest BCUT2D eigenvalue weighted by Gasteiger charge is 2.16. The van der Waals surface area contributed by atoms with E-state index in [-0.39, 0.29) is 5.78 Å². The van der Waals surface area contributed by atoms with Crippen molar-refractivity contribution in [2.75, 3.05) is 11.9 Å². The summed E-state index contributed by atoms with van der Waals surface area (Å²) in [5.41, 5.74) is 0.626. The quantitative estimate of drug-likeness (QED) is 0.780. The first kappa shape index (κ1) is 11.2. The van der Waals surface area contributed by atoms with Crippen LogP contribution in [0.2, 0.25) is 0 Å². The Labute approximate surface area is 88.6 Å². The average molecular weight is 212 g/mol. The van der Waals surface area contributed by atoms with Crippen molar-refractivity contribution >= 4 is 22.3 Å². The summed E-state index contributed by atoms with van der Waals surface area (Å²) < 4.78 is 0. The first-order chi connectivity index (χ1) is 6.56. The highest BCUT2D eigenvalue weighted by molar-refractivity contribution is 7.16. The number of hydrogen-bond acceptors (Lipinski definition) is 4. The van der Waals surface area contributed by atoms with Crippen molar-refractivity contribution in [1.82, 2.24) is 4.98 Å². The second kappa shape index (κ2) is 4.55. The smallest absolute Gasteiger partial charge is 0.183 e. The molecule has 0 bridgehead atoms. The van der Waals surface area contributed by atoms with Crippen molar-refractivity contribution in [1.29, 1.82) is 0 Å². The van der Waals surface area contributed by atoms with Gasteiger partial charge in [0.15, 0.2) is 10.9 Å². The standard InChI is InChI=1S/C10H16N2OS/c1-5-11-10-12-8(7(4)13)9(14-10)6(2)3/h6H,5H2,1-4H3,(H,11,12). The number of thiazole rings is 1. The number of rotatable bonds is 4. The van der Waals surface area contributed by atoms with E-state index in [0.717, 1.165) is 16.6 Å². The van der Waals surface area contributed by atoms with Gasteiger partial charge in [-0.1, -0.05) is 13.8 Å². The maximum Gasteiger partial charge on any atom is 0.183 e. The predicted molar refractivity (Wildman–Crippen MR) is 60.4 cm³/mol. The van der Waals surface area contributed by atoms with Gasteiger partial charge in [-0.15, -0.1) is 11.3 Å². The van der Waals surface area contributed by atoms with Crippen molar-refractivity contribution in [2.24, 2.45) is 0 Å². The van der Waals surface area contributed by atoms with E-state index < -0.39 is 0 Å². The third-order valence-corrected chi connectivity index (χ3v) is 3.15. The molecule has 0 saturated carbocycles. The normalized spacial score (nSPS) is 10.6. The molecule has 0 aromatic carbocycles. The van der Waals surface area contributed by atoms with E-state index in [9.17, 15) is 4.79 Å². The SMILES string of the molecule is CCNc1nc(C(C)=O)c(C(C)C)s1. The van der Waals surface area contributed by atoms with Crippen molar-refractivity contribution in [3.8, 4) is 0 Å². The van der Waals surface area contributed by atoms with Crippen LogP contribution in [0.1, 0.15) is 49.0 Å². The molecule has 0 atom stereocenters. The Balaban J connectivity index is 3.06. The average Bonchev–Trinajstić information content (AvgIpc) is 2.49. The van der Waals surface area contributed by atoms with Gasteiger partial charge >= 0.3 is 0 Å². The summed E-state index contributed by atoms with van der Waals surface area (Å²) in [5.74, 6) is 0.410. The van der Waals surface area contributed by atoms with E-state index in [4.69, 9.17) is 0 Å². The lowest BCUT2D eigenvalue weighted by Crippen LogP contribution is -2.00. The summed E-state index contributed by atoms with van der Waals surface area (Å²) >= 11 is 1.58. The van der Waals surface area contributed by atoms with Gasteiger partial charge in [0.1, 0.15) is 5.69 Å². The fraction of sp³-hybridized carbons (Fsp3) is 0.600. The molecule has 4 heteroatoms. The summed E-state index contributed by atoms with van der Waals surface area (Å²) in [6.07, 6.45) is 0. The van der Waals surface area contributed by atoms with Crippen LogP contribution in [-0.2, 0) is 0 Å². The van der Waals surface area contributed by atoms with Crippen LogP contribution in [-0.4, -0.2) is 17.3 Å². The molecule has 1 N–H and O–H groups in total. The minimum absolute atomic E-state index is 0.0501. The van der Waals surface area contributed by atoms with Crippen molar-refractivity contribution < 1.29 is 4.79 Å². The number of ketones is 1. The van der Waals surface area contributed by atoms with Gasteiger partial charge in [0.05, 0.1) is 0 Å². The minimum atomic E-state index is 0.0501. The van der Waals surface area contributed by atoms with Crippen LogP contribution in [0.5, 0.6) is 0 Å². The zero-order chi connectivity index (χ0) is 10.7. The van der Waals surface area contributed by atoms with Gasteiger partial charge in [-0.3, -0.25) is 4.79 Å². The van der Waals surface area contributed by atoms with Crippen LogP contribution in [0.15, 0.2) is 0 Å². The van der Waals surface area contributed by atoms with E-state index in [1.165, 1.54) is 0 Å². The molecule has 0 unspecified atom stereocenters. The van der Waals surface area contributed by atoms with Gasteiger partial charge < -0.3 is 5.32 Å². The summed E-state index contributed by atoms with van der Waals surface area (Å²) in [5, 5.41) is 3.98. The Kier molecular flexibility index (Phi) is 3.63. The molecule has 1 heterocycles. The molecule has 1 rings (SSSR count). The molecule has 0 saturated heterocycles. The maximum absolute atomic E-state index is 11.3. The molecule has 14 heavy (non-hydrogen) atoms. The number of nitrogens with one attached hydrogen (secondary N) is 1. The van der Waals surface area contributed by atoms with Gasteiger partial charge in [0.25, 0.3) is 0 Å². The number of aromatic nitrogens is 1. The van der Waals surface area contributed by atoms with Crippen LogP contribution in [0.4, 0.5) is 5.13 Å². The van der Waals surface area contributed by atoms with Gasteiger partial charge in [0.2, 0.25) is 0 Å². The van der Waals surface area contributed by atoms with Crippen molar-refractivity contribution in [3.05, 3.63) is 10.6 Å². The van der Waals surface area contributed by atoms with Crippen molar-refractivity contribution in [3.63, 3.8) is 0 Å². The van der Waals surface area contributed by atoms with E-state index in [1.54, 1.807) is 18.3 Å². The summed E-state index contributed by atoms with van der Waals surface area (Å²) in [7, 11) is 0. The third kappa shape index (κ3) is 2.32. The molecule has 0 amide bonds. The monoisotopic (exact) mass is 212 g/mol. The van der Waals surface area contributed by atoms with Crippen molar-refractivity contribution in [2.45, 2.75) is 33.6 Å². The topological polar surface area (TPSA) is 42.0 Å². The number of nitrogens with zero attached hydrogens (tertiary/aromatic N) is 1. The fourth-order valence-electron chi connectivity index (χ4n) is 1.20. The lowest BCUT2D eigenvalue weighted by atomic mass is 10.1. The molecule has 1 aromatic heterocycles. The number of anilines is 1. The Morgan fingerprint density at radius 3 is 2.57 bits per heavy atom. The van der Waals surface area contributed by atoms with E-state index in [1.807, 2.05) is 6.92 Å². The number of carbonyl (C=O) groups excluding carboxylic acids is 1. The predicted octanol–water partition coefficient (Wildman–Crippen LogP) is 2.90. The molecule has 0 radical (unpaired) electrons. The number of Topliss-reactive ketones (excluding diaryl/α,β-unsaturated/α-hetero) is 1. The maximum atomic E-state index is 11.3. The summed E-state index contributed by atoms with van der Waals surface area (Å²) in [4.78, 5) is 16.7. The molecule has 0 aliphatic carbocycles. The first-order valence-corrected chi connectivity index (χ1v) is 5.63. The Hall–Kier alpha value is -0.900. The largest absolute Gasteiger partial charge is 0.362 e. The molecule has 78 valence electrons. The lowest BCUT2D eigenvalue weighted by molar-refractivity contribution is 0.101. The Morgan fingerprint density at radius 2 is 2.21 bits per heavy atom. The van der Waals surface area contributed by atoms with Crippen LogP contribution in [0, 0.1) is 0 Å². The van der Waals surface area contributed by atoms with E-state index in [0.29, 0.717) is 11.6 Å². The minimum Gasteiger partial charge on any atom is -0.362 e. The molecule has 0 fully saturated rings. The Bertz CT molecular complexity index is 331. The van der Waals surface area contributed by atoms with Gasteiger partial charge in [0, 0.05) is 18.3 Å². The molecule has 0 aliphatic rings. The van der Waals surface area contributed by atoms with Gasteiger partial charge in [-0.05, 0) is 12.8 Å². The fourth-order valence-corrected chi connectivity index (χ4v) is 2.29. The third-order valence-electron chi connectivity index (χ3n) is 1.84. The van der Waals surface area contributed by atoms with Crippen LogP contribution in [0.25, 0.3) is 0 Å². The molecular formula is C10H16N2OS. The Morgan fingerprint density at radius 1 is 1.57 bits per heavy atom. The summed E-state index contributed by atoms with van der Waals surface area (Å²) in [6.45, 7) is 8.58. The van der Waals surface area contributed by atoms with E-state index in [2.05, 4.69) is 24.1 Å². The van der Waals surface area contributed by atoms with Crippen LogP contribution < -0.4 is 5.32 Å². The zero-order valence-electron chi connectivity index (χ0n) is 9.05. The van der Waals surface area contributed by atoms with Gasteiger partial charge in [-0.25, -0.2) is 4.98 Å². The molecule has 3 nitrogen and oxygen atoms in total. The highest BCUT2D eigenvalue weighted by atomic mass is 32.1. The number of hydrogen-bond donors (Lipinski definition) is 1. The second-order valence-corrected chi connectivity index (χ2v) is 4.50. The first-order valence-electron chi connectivity index (χ1n) is 4.81. The number of carbonyl (C=O) groups is 1. The molecule has 1 aromatic rings. The molecule has 0 spiro atoms. The van der Waals surface area contributed by atoms with Gasteiger partial charge in [-0.2, -0.15) is 0 Å². The second-order valence-electron chi connectivity index (χ2n) is 3.47.